The Hall–Kier alpha value is -1.80. The van der Waals surface area contributed by atoms with Crippen molar-refractivity contribution in [2.24, 2.45) is 0 Å². The summed E-state index contributed by atoms with van der Waals surface area (Å²) in [7, 11) is 3.05. The van der Waals surface area contributed by atoms with E-state index in [0.717, 1.165) is 0 Å². The van der Waals surface area contributed by atoms with E-state index in [0.29, 0.717) is 21.5 Å². The second-order valence-corrected chi connectivity index (χ2v) is 6.08. The molecule has 1 saturated heterocycles. The summed E-state index contributed by atoms with van der Waals surface area (Å²) in [4.78, 5) is 23.6. The van der Waals surface area contributed by atoms with Crippen LogP contribution >= 0.6 is 24.0 Å². The minimum Gasteiger partial charge on any atom is -0.497 e. The zero-order chi connectivity index (χ0) is 15.4. The maximum atomic E-state index is 12.0. The predicted octanol–water partition coefficient (Wildman–Crippen LogP) is 1.55. The summed E-state index contributed by atoms with van der Waals surface area (Å²) in [6.07, 6.45) is 0.0387. The van der Waals surface area contributed by atoms with Gasteiger partial charge in [0.05, 0.1) is 25.2 Å². The van der Waals surface area contributed by atoms with Gasteiger partial charge in [0.1, 0.15) is 15.8 Å². The van der Waals surface area contributed by atoms with Gasteiger partial charge in [0.15, 0.2) is 0 Å². The van der Waals surface area contributed by atoms with Crippen LogP contribution in [0.5, 0.6) is 11.5 Å². The highest BCUT2D eigenvalue weighted by molar-refractivity contribution is 8.24. The summed E-state index contributed by atoms with van der Waals surface area (Å²) in [6.45, 7) is 0. The number of carbonyl (C=O) groups excluding carboxylic acids is 2. The number of thioether (sulfide) groups is 1. The van der Waals surface area contributed by atoms with Gasteiger partial charge in [-0.1, -0.05) is 24.0 Å². The lowest BCUT2D eigenvalue weighted by Crippen LogP contribution is -2.27. The molecule has 8 heteroatoms. The summed E-state index contributed by atoms with van der Waals surface area (Å²) < 4.78 is 10.7. The van der Waals surface area contributed by atoms with Crippen LogP contribution in [0.2, 0.25) is 0 Å². The first kappa shape index (κ1) is 15.6. The Morgan fingerprint density at radius 2 is 2.19 bits per heavy atom. The fourth-order valence-electron chi connectivity index (χ4n) is 1.81. The average Bonchev–Trinajstić information content (AvgIpc) is 2.76. The van der Waals surface area contributed by atoms with E-state index < -0.39 is 5.25 Å². The molecule has 0 aliphatic carbocycles. The summed E-state index contributed by atoms with van der Waals surface area (Å²) in [5.74, 6) is 0.583. The van der Waals surface area contributed by atoms with Crippen molar-refractivity contribution in [3.05, 3.63) is 18.2 Å². The second-order valence-electron chi connectivity index (χ2n) is 4.20. The standard InChI is InChI=1S/C13H14N2O4S2/c1-18-7-3-4-9(19-2)8(5-7)14-11(16)6-10-12(17)15-13(20)21-10/h3-5,10H,6H2,1-2H3,(H,14,16)(H,15,17,20)/t10-/m0/s1. The van der Waals surface area contributed by atoms with E-state index in [-0.39, 0.29) is 18.2 Å². The van der Waals surface area contributed by atoms with Gasteiger partial charge in [-0.05, 0) is 12.1 Å². The number of anilines is 1. The van der Waals surface area contributed by atoms with Crippen molar-refractivity contribution in [3.8, 4) is 11.5 Å². The Morgan fingerprint density at radius 3 is 2.76 bits per heavy atom. The largest absolute Gasteiger partial charge is 0.497 e. The molecular weight excluding hydrogens is 312 g/mol. The number of hydrogen-bond acceptors (Lipinski definition) is 6. The third-order valence-electron chi connectivity index (χ3n) is 2.82. The van der Waals surface area contributed by atoms with Gasteiger partial charge in [-0.2, -0.15) is 0 Å². The van der Waals surface area contributed by atoms with Crippen LogP contribution in [0.4, 0.5) is 5.69 Å². The highest BCUT2D eigenvalue weighted by Gasteiger charge is 2.31. The van der Waals surface area contributed by atoms with Crippen LogP contribution in [-0.2, 0) is 9.59 Å². The molecule has 0 unspecified atom stereocenters. The number of benzene rings is 1. The van der Waals surface area contributed by atoms with E-state index in [4.69, 9.17) is 21.7 Å². The van der Waals surface area contributed by atoms with Crippen LogP contribution in [0.3, 0.4) is 0 Å². The third-order valence-corrected chi connectivity index (χ3v) is 4.19. The topological polar surface area (TPSA) is 76.7 Å². The Balaban J connectivity index is 2.05. The molecule has 0 saturated carbocycles. The normalized spacial score (nSPS) is 17.3. The number of rotatable bonds is 5. The average molecular weight is 326 g/mol. The van der Waals surface area contributed by atoms with Crippen molar-refractivity contribution in [2.45, 2.75) is 11.7 Å². The fourth-order valence-corrected chi connectivity index (χ4v) is 3.08. The zero-order valence-corrected chi connectivity index (χ0v) is 13.1. The first-order chi connectivity index (χ1) is 10.0. The summed E-state index contributed by atoms with van der Waals surface area (Å²) in [6, 6.07) is 5.08. The number of methoxy groups -OCH3 is 2. The molecule has 1 aliphatic rings. The van der Waals surface area contributed by atoms with Crippen LogP contribution in [0.25, 0.3) is 0 Å². The Kier molecular flexibility index (Phi) is 5.03. The van der Waals surface area contributed by atoms with E-state index in [2.05, 4.69) is 10.6 Å². The highest BCUT2D eigenvalue weighted by Crippen LogP contribution is 2.30. The number of carbonyl (C=O) groups is 2. The molecule has 2 rings (SSSR count). The number of nitrogens with one attached hydrogen (secondary N) is 2. The van der Waals surface area contributed by atoms with Gasteiger partial charge in [-0.15, -0.1) is 0 Å². The molecule has 2 N–H and O–H groups in total. The quantitative estimate of drug-likeness (QED) is 0.800. The van der Waals surface area contributed by atoms with Crippen molar-refractivity contribution in [1.29, 1.82) is 0 Å². The molecule has 1 aromatic carbocycles. The predicted molar refractivity (Wildman–Crippen MR) is 84.9 cm³/mol. The monoisotopic (exact) mass is 326 g/mol. The zero-order valence-electron chi connectivity index (χ0n) is 11.5. The van der Waals surface area contributed by atoms with Gasteiger partial charge in [0, 0.05) is 12.5 Å². The van der Waals surface area contributed by atoms with E-state index in [1.807, 2.05) is 0 Å². The van der Waals surface area contributed by atoms with Crippen molar-refractivity contribution < 1.29 is 19.1 Å². The Morgan fingerprint density at radius 1 is 1.43 bits per heavy atom. The number of thiocarbonyl (C=S) groups is 1. The third kappa shape index (κ3) is 3.85. The maximum absolute atomic E-state index is 12.0. The smallest absolute Gasteiger partial charge is 0.239 e. The molecule has 2 amide bonds. The number of hydrogen-bond donors (Lipinski definition) is 2. The maximum Gasteiger partial charge on any atom is 0.239 e. The summed E-state index contributed by atoms with van der Waals surface area (Å²) in [5.41, 5.74) is 0.493. The molecule has 0 aromatic heterocycles. The molecular formula is C13H14N2O4S2. The van der Waals surface area contributed by atoms with E-state index in [1.165, 1.54) is 26.0 Å². The van der Waals surface area contributed by atoms with Gasteiger partial charge < -0.3 is 20.1 Å². The van der Waals surface area contributed by atoms with Gasteiger partial charge in [0.25, 0.3) is 0 Å². The molecule has 1 fully saturated rings. The highest BCUT2D eigenvalue weighted by atomic mass is 32.2. The van der Waals surface area contributed by atoms with Gasteiger partial charge in [-0.25, -0.2) is 0 Å². The molecule has 0 radical (unpaired) electrons. The van der Waals surface area contributed by atoms with Crippen LogP contribution in [-0.4, -0.2) is 35.6 Å². The fraction of sp³-hybridized carbons (Fsp3) is 0.308. The molecule has 6 nitrogen and oxygen atoms in total. The van der Waals surface area contributed by atoms with Gasteiger partial charge >= 0.3 is 0 Å². The molecule has 1 heterocycles. The lowest BCUT2D eigenvalue weighted by Gasteiger charge is -2.12. The van der Waals surface area contributed by atoms with Crippen molar-refractivity contribution in [1.82, 2.24) is 5.32 Å². The number of amides is 2. The molecule has 0 bridgehead atoms. The van der Waals surface area contributed by atoms with E-state index in [9.17, 15) is 9.59 Å². The number of ether oxygens (including phenoxy) is 2. The Labute approximate surface area is 131 Å². The second kappa shape index (κ2) is 6.77. The molecule has 112 valence electrons. The lowest BCUT2D eigenvalue weighted by molar-refractivity contribution is -0.122. The van der Waals surface area contributed by atoms with Crippen molar-refractivity contribution in [2.75, 3.05) is 19.5 Å². The van der Waals surface area contributed by atoms with Crippen molar-refractivity contribution >= 4 is 45.8 Å². The summed E-state index contributed by atoms with van der Waals surface area (Å²) >= 11 is 6.08. The minimum atomic E-state index is -0.492. The molecule has 21 heavy (non-hydrogen) atoms. The van der Waals surface area contributed by atoms with E-state index >= 15 is 0 Å². The van der Waals surface area contributed by atoms with Crippen LogP contribution in [0, 0.1) is 0 Å². The molecule has 1 atom stereocenters. The molecule has 1 aliphatic heterocycles. The van der Waals surface area contributed by atoms with E-state index in [1.54, 1.807) is 18.2 Å². The first-order valence-corrected chi connectivity index (χ1v) is 7.35. The van der Waals surface area contributed by atoms with Gasteiger partial charge in [-0.3, -0.25) is 9.59 Å². The first-order valence-electron chi connectivity index (χ1n) is 6.07. The Bertz CT molecular complexity index is 592. The lowest BCUT2D eigenvalue weighted by atomic mass is 10.2. The SMILES string of the molecule is COc1ccc(OC)c(NC(=O)C[C@@H]2SC(=S)NC2=O)c1. The minimum absolute atomic E-state index is 0.0387. The van der Waals surface area contributed by atoms with Crippen molar-refractivity contribution in [3.63, 3.8) is 0 Å². The van der Waals surface area contributed by atoms with Crippen LogP contribution in [0.15, 0.2) is 18.2 Å². The molecule has 0 spiro atoms. The molecule has 1 aromatic rings. The van der Waals surface area contributed by atoms with Gasteiger partial charge in [0.2, 0.25) is 11.8 Å². The van der Waals surface area contributed by atoms with Crippen LogP contribution in [0.1, 0.15) is 6.42 Å². The van der Waals surface area contributed by atoms with Crippen LogP contribution < -0.4 is 20.1 Å². The summed E-state index contributed by atoms with van der Waals surface area (Å²) in [5, 5.41) is 4.73.